The molecular formula is C23H25N5O. The van der Waals surface area contributed by atoms with Gasteiger partial charge in [-0.2, -0.15) is 0 Å². The molecule has 5 rings (SSSR count). The molecule has 3 aromatic rings. The Morgan fingerprint density at radius 3 is 2.72 bits per heavy atom. The summed E-state index contributed by atoms with van der Waals surface area (Å²) in [7, 11) is 0. The summed E-state index contributed by atoms with van der Waals surface area (Å²) in [5.74, 6) is 0.395. The van der Waals surface area contributed by atoms with E-state index < -0.39 is 0 Å². The second-order valence-electron chi connectivity index (χ2n) is 8.29. The Kier molecular flexibility index (Phi) is 4.78. The van der Waals surface area contributed by atoms with Crippen LogP contribution in [0, 0.1) is 12.0 Å². The van der Waals surface area contributed by atoms with Crippen molar-refractivity contribution in [1.29, 1.82) is 0 Å². The number of likely N-dealkylation sites (tertiary alicyclic amines) is 1. The van der Waals surface area contributed by atoms with Gasteiger partial charge in [0.1, 0.15) is 11.8 Å². The van der Waals surface area contributed by atoms with Gasteiger partial charge in [-0.25, -0.2) is 4.98 Å². The number of aromatic nitrogens is 3. The number of rotatable bonds is 3. The number of hydrogen-bond donors (Lipinski definition) is 0. The minimum atomic E-state index is 0.395. The van der Waals surface area contributed by atoms with E-state index in [0.29, 0.717) is 11.2 Å². The molecule has 0 N–H and O–H groups in total. The molecule has 0 unspecified atom stereocenters. The molecule has 0 radical (unpaired) electrons. The second-order valence-corrected chi connectivity index (χ2v) is 8.29. The largest absolute Gasteiger partial charge is 0.381 e. The fourth-order valence-corrected chi connectivity index (χ4v) is 4.76. The minimum absolute atomic E-state index is 0.395. The highest BCUT2D eigenvalue weighted by atomic mass is 16.5. The van der Waals surface area contributed by atoms with E-state index in [4.69, 9.17) is 16.3 Å². The summed E-state index contributed by atoms with van der Waals surface area (Å²) in [4.78, 5) is 15.0. The lowest BCUT2D eigenvalue weighted by Gasteiger charge is -2.44. The fourth-order valence-electron chi connectivity index (χ4n) is 4.76. The Morgan fingerprint density at radius 1 is 1.10 bits per heavy atom. The SMILES string of the molecule is [C-]#[N+]c1ncccc1-n1ccc2cc(CN3CCC4(CCOCC4)CC3)cnc21. The Morgan fingerprint density at radius 2 is 1.93 bits per heavy atom. The van der Waals surface area contributed by atoms with Gasteiger partial charge in [0.05, 0.1) is 5.69 Å². The predicted molar refractivity (Wildman–Crippen MR) is 112 cm³/mol. The van der Waals surface area contributed by atoms with Crippen LogP contribution in [0.4, 0.5) is 5.82 Å². The van der Waals surface area contributed by atoms with Crippen LogP contribution in [0.2, 0.25) is 0 Å². The van der Waals surface area contributed by atoms with E-state index in [-0.39, 0.29) is 0 Å². The van der Waals surface area contributed by atoms with Crippen LogP contribution in [0.15, 0.2) is 42.9 Å². The molecule has 2 fully saturated rings. The average molecular weight is 387 g/mol. The third kappa shape index (κ3) is 3.52. The van der Waals surface area contributed by atoms with Gasteiger partial charge >= 0.3 is 0 Å². The molecule has 0 aliphatic carbocycles. The van der Waals surface area contributed by atoms with Gasteiger partial charge in [0.2, 0.25) is 0 Å². The van der Waals surface area contributed by atoms with Crippen molar-refractivity contribution in [2.75, 3.05) is 26.3 Å². The first-order valence-corrected chi connectivity index (χ1v) is 10.4. The van der Waals surface area contributed by atoms with Crippen LogP contribution in [0.5, 0.6) is 0 Å². The lowest BCUT2D eigenvalue weighted by molar-refractivity contribution is -0.0218. The first-order chi connectivity index (χ1) is 14.3. The summed E-state index contributed by atoms with van der Waals surface area (Å²) in [5, 5.41) is 1.10. The van der Waals surface area contributed by atoms with Gasteiger partial charge in [0, 0.05) is 37.5 Å². The fraction of sp³-hybridized carbons (Fsp3) is 0.435. The van der Waals surface area contributed by atoms with Gasteiger partial charge in [-0.05, 0) is 74.0 Å². The molecule has 6 heteroatoms. The van der Waals surface area contributed by atoms with Gasteiger partial charge < -0.3 is 14.1 Å². The van der Waals surface area contributed by atoms with Crippen LogP contribution in [0.1, 0.15) is 31.2 Å². The lowest BCUT2D eigenvalue weighted by Crippen LogP contribution is -2.42. The number of nitrogens with zero attached hydrogens (tertiary/aromatic N) is 5. The van der Waals surface area contributed by atoms with Crippen molar-refractivity contribution in [3.8, 4) is 5.69 Å². The molecule has 2 aliphatic heterocycles. The normalized spacial score (nSPS) is 19.4. The van der Waals surface area contributed by atoms with E-state index in [0.717, 1.165) is 49.6 Å². The zero-order valence-corrected chi connectivity index (χ0v) is 16.5. The van der Waals surface area contributed by atoms with Gasteiger partial charge in [-0.15, -0.1) is 4.98 Å². The van der Waals surface area contributed by atoms with Crippen LogP contribution < -0.4 is 0 Å². The van der Waals surface area contributed by atoms with Gasteiger partial charge in [0.25, 0.3) is 5.82 Å². The highest BCUT2D eigenvalue weighted by Crippen LogP contribution is 2.40. The van der Waals surface area contributed by atoms with Crippen molar-refractivity contribution >= 4 is 16.9 Å². The zero-order chi connectivity index (χ0) is 19.7. The van der Waals surface area contributed by atoms with E-state index in [9.17, 15) is 0 Å². The van der Waals surface area contributed by atoms with Crippen molar-refractivity contribution in [3.05, 3.63) is 59.8 Å². The topological polar surface area (TPSA) is 47.5 Å². The van der Waals surface area contributed by atoms with Crippen molar-refractivity contribution < 1.29 is 4.74 Å². The van der Waals surface area contributed by atoms with Crippen LogP contribution in [0.25, 0.3) is 21.6 Å². The average Bonchev–Trinajstić information content (AvgIpc) is 3.19. The van der Waals surface area contributed by atoms with E-state index in [1.165, 1.54) is 31.2 Å². The number of piperidine rings is 1. The molecular weight excluding hydrogens is 362 g/mol. The highest BCUT2D eigenvalue weighted by Gasteiger charge is 2.35. The van der Waals surface area contributed by atoms with Crippen LogP contribution >= 0.6 is 0 Å². The first-order valence-electron chi connectivity index (χ1n) is 10.4. The lowest BCUT2D eigenvalue weighted by atomic mass is 9.72. The van der Waals surface area contributed by atoms with E-state index >= 15 is 0 Å². The molecule has 1 spiro atoms. The summed E-state index contributed by atoms with van der Waals surface area (Å²) in [6.45, 7) is 12.5. The second kappa shape index (κ2) is 7.58. The monoisotopic (exact) mass is 387 g/mol. The molecule has 6 nitrogen and oxygen atoms in total. The van der Waals surface area contributed by atoms with Crippen molar-refractivity contribution in [1.82, 2.24) is 19.4 Å². The summed E-state index contributed by atoms with van der Waals surface area (Å²) in [5.41, 5.74) is 3.41. The molecule has 0 aromatic carbocycles. The maximum Gasteiger partial charge on any atom is 0.293 e. The molecule has 3 aromatic heterocycles. The Labute approximate surface area is 171 Å². The predicted octanol–water partition coefficient (Wildman–Crippen LogP) is 4.36. The first kappa shape index (κ1) is 18.3. The summed E-state index contributed by atoms with van der Waals surface area (Å²) in [6, 6.07) is 8.06. The molecule has 0 bridgehead atoms. The molecule has 0 amide bonds. The molecule has 2 aliphatic rings. The van der Waals surface area contributed by atoms with Crippen molar-refractivity contribution in [2.45, 2.75) is 32.2 Å². The Bertz CT molecular complexity index is 1050. The minimum Gasteiger partial charge on any atom is -0.381 e. The van der Waals surface area contributed by atoms with Crippen LogP contribution in [-0.2, 0) is 11.3 Å². The number of pyridine rings is 2. The number of hydrogen-bond acceptors (Lipinski definition) is 4. The standard InChI is InChI=1S/C23H25N5O/c1-24-21-20(3-2-9-25-21)28-10-4-19-15-18(16-26-22(19)28)17-27-11-5-23(6-12-27)7-13-29-14-8-23/h2-4,9-10,15-16H,5-8,11-14,17H2. The van der Waals surface area contributed by atoms with Gasteiger partial charge in [-0.1, -0.05) is 6.57 Å². The van der Waals surface area contributed by atoms with E-state index in [2.05, 4.69) is 26.9 Å². The summed E-state index contributed by atoms with van der Waals surface area (Å²) < 4.78 is 7.52. The Hall–Kier alpha value is -2.75. The summed E-state index contributed by atoms with van der Waals surface area (Å²) in [6.07, 6.45) is 10.6. The maximum atomic E-state index is 7.36. The molecule has 0 atom stereocenters. The molecule has 29 heavy (non-hydrogen) atoms. The highest BCUT2D eigenvalue weighted by molar-refractivity contribution is 5.80. The number of ether oxygens (including phenoxy) is 1. The molecule has 0 saturated carbocycles. The molecule has 2 saturated heterocycles. The maximum absolute atomic E-state index is 7.36. The van der Waals surface area contributed by atoms with Crippen molar-refractivity contribution in [3.63, 3.8) is 0 Å². The quantitative estimate of drug-likeness (QED) is 0.627. The third-order valence-corrected chi connectivity index (χ3v) is 6.59. The Balaban J connectivity index is 1.32. The van der Waals surface area contributed by atoms with Crippen LogP contribution in [-0.4, -0.2) is 45.7 Å². The van der Waals surface area contributed by atoms with Gasteiger partial charge in [-0.3, -0.25) is 4.90 Å². The van der Waals surface area contributed by atoms with E-state index in [1.807, 2.05) is 29.1 Å². The third-order valence-electron chi connectivity index (χ3n) is 6.59. The molecule has 5 heterocycles. The smallest absolute Gasteiger partial charge is 0.293 e. The van der Waals surface area contributed by atoms with Crippen LogP contribution in [0.3, 0.4) is 0 Å². The van der Waals surface area contributed by atoms with Crippen molar-refractivity contribution in [2.24, 2.45) is 5.41 Å². The summed E-state index contributed by atoms with van der Waals surface area (Å²) >= 11 is 0. The number of fused-ring (bicyclic) bond motifs is 1. The van der Waals surface area contributed by atoms with E-state index in [1.54, 1.807) is 6.20 Å². The molecule has 148 valence electrons. The van der Waals surface area contributed by atoms with Gasteiger partial charge in [0.15, 0.2) is 0 Å². The zero-order valence-electron chi connectivity index (χ0n) is 16.5.